The third-order valence-corrected chi connectivity index (χ3v) is 2.48. The molecule has 1 aromatic heterocycles. The summed E-state index contributed by atoms with van der Waals surface area (Å²) in [6.07, 6.45) is 2.28. The molecule has 1 heterocycles. The van der Waals surface area contributed by atoms with Gasteiger partial charge in [-0.2, -0.15) is 5.26 Å². The molecular formula is C10H9ClN2. The van der Waals surface area contributed by atoms with Gasteiger partial charge in [0.05, 0.1) is 11.3 Å². The van der Waals surface area contributed by atoms with Gasteiger partial charge in [-0.15, -0.1) is 0 Å². The molecule has 0 aliphatic heterocycles. The molecule has 1 aromatic rings. The maximum absolute atomic E-state index is 8.93. The van der Waals surface area contributed by atoms with E-state index in [0.717, 1.165) is 24.1 Å². The van der Waals surface area contributed by atoms with E-state index >= 15 is 0 Å². The van der Waals surface area contributed by atoms with Crippen molar-refractivity contribution in [3.05, 3.63) is 28.0 Å². The van der Waals surface area contributed by atoms with Gasteiger partial charge in [-0.05, 0) is 31.4 Å². The molecule has 0 radical (unpaired) electrons. The Bertz CT molecular complexity index is 389. The zero-order valence-electron chi connectivity index (χ0n) is 7.34. The Kier molecular flexibility index (Phi) is 1.97. The number of aryl methyl sites for hydroxylation is 1. The van der Waals surface area contributed by atoms with E-state index in [2.05, 4.69) is 11.1 Å². The van der Waals surface area contributed by atoms with Crippen LogP contribution in [-0.4, -0.2) is 4.98 Å². The summed E-state index contributed by atoms with van der Waals surface area (Å²) >= 11 is 5.83. The lowest BCUT2D eigenvalue weighted by Crippen LogP contribution is -1.96. The minimum absolute atomic E-state index is 0.479. The fraction of sp³-hybridized carbons (Fsp3) is 0.400. The molecular weight excluding hydrogens is 184 g/mol. The van der Waals surface area contributed by atoms with Crippen molar-refractivity contribution in [2.75, 3.05) is 0 Å². The summed E-state index contributed by atoms with van der Waals surface area (Å²) < 4.78 is 0. The summed E-state index contributed by atoms with van der Waals surface area (Å²) in [6.45, 7) is 1.90. The number of pyridine rings is 1. The van der Waals surface area contributed by atoms with E-state index < -0.39 is 0 Å². The van der Waals surface area contributed by atoms with Gasteiger partial charge in [0.1, 0.15) is 11.2 Å². The zero-order chi connectivity index (χ0) is 9.42. The molecule has 0 saturated heterocycles. The second-order valence-electron chi connectivity index (χ2n) is 3.41. The van der Waals surface area contributed by atoms with Gasteiger partial charge in [0.25, 0.3) is 0 Å². The first kappa shape index (κ1) is 8.52. The average Bonchev–Trinajstić information content (AvgIpc) is 2.85. The first-order chi connectivity index (χ1) is 6.22. The molecule has 2 rings (SSSR count). The van der Waals surface area contributed by atoms with Gasteiger partial charge >= 0.3 is 0 Å². The van der Waals surface area contributed by atoms with E-state index in [1.54, 1.807) is 6.07 Å². The van der Waals surface area contributed by atoms with Crippen molar-refractivity contribution in [1.82, 2.24) is 4.98 Å². The Hall–Kier alpha value is -1.07. The van der Waals surface area contributed by atoms with Crippen LogP contribution in [0.4, 0.5) is 0 Å². The number of nitriles is 1. The predicted molar refractivity (Wildman–Crippen MR) is 50.7 cm³/mol. The van der Waals surface area contributed by atoms with E-state index in [0.29, 0.717) is 16.6 Å². The molecule has 0 N–H and O–H groups in total. The van der Waals surface area contributed by atoms with Crippen molar-refractivity contribution in [3.63, 3.8) is 0 Å². The quantitative estimate of drug-likeness (QED) is 0.642. The van der Waals surface area contributed by atoms with E-state index in [4.69, 9.17) is 16.9 Å². The molecule has 66 valence electrons. The van der Waals surface area contributed by atoms with Gasteiger partial charge in [-0.3, -0.25) is 0 Å². The Morgan fingerprint density at radius 3 is 2.85 bits per heavy atom. The van der Waals surface area contributed by atoms with Crippen LogP contribution < -0.4 is 0 Å². The molecule has 1 fully saturated rings. The standard InChI is InChI=1S/C10H9ClN2/c1-6-4-9(11)13-10(7-2-3-7)8(6)5-12/h4,7H,2-3H2,1H3. The Morgan fingerprint density at radius 1 is 1.62 bits per heavy atom. The molecule has 13 heavy (non-hydrogen) atoms. The normalized spacial score (nSPS) is 15.5. The topological polar surface area (TPSA) is 36.7 Å². The molecule has 0 amide bonds. The van der Waals surface area contributed by atoms with Gasteiger partial charge in [-0.1, -0.05) is 11.6 Å². The van der Waals surface area contributed by atoms with Gasteiger partial charge < -0.3 is 0 Å². The predicted octanol–water partition coefficient (Wildman–Crippen LogP) is 2.79. The highest BCUT2D eigenvalue weighted by molar-refractivity contribution is 6.29. The van der Waals surface area contributed by atoms with Crippen molar-refractivity contribution >= 4 is 11.6 Å². The monoisotopic (exact) mass is 192 g/mol. The fourth-order valence-corrected chi connectivity index (χ4v) is 1.71. The smallest absolute Gasteiger partial charge is 0.129 e. The first-order valence-corrected chi connectivity index (χ1v) is 4.67. The van der Waals surface area contributed by atoms with Crippen LogP contribution in [-0.2, 0) is 0 Å². The molecule has 0 unspecified atom stereocenters. The molecule has 2 nitrogen and oxygen atoms in total. The highest BCUT2D eigenvalue weighted by Crippen LogP contribution is 2.41. The fourth-order valence-electron chi connectivity index (χ4n) is 1.45. The van der Waals surface area contributed by atoms with E-state index in [-0.39, 0.29) is 0 Å². The van der Waals surface area contributed by atoms with Crippen LogP contribution in [0.25, 0.3) is 0 Å². The van der Waals surface area contributed by atoms with Crippen LogP contribution >= 0.6 is 11.6 Å². The highest BCUT2D eigenvalue weighted by atomic mass is 35.5. The SMILES string of the molecule is Cc1cc(Cl)nc(C2CC2)c1C#N. The molecule has 1 aliphatic rings. The van der Waals surface area contributed by atoms with E-state index in [9.17, 15) is 0 Å². The average molecular weight is 193 g/mol. The lowest BCUT2D eigenvalue weighted by atomic mass is 10.1. The van der Waals surface area contributed by atoms with Crippen molar-refractivity contribution in [2.45, 2.75) is 25.7 Å². The Labute approximate surface area is 82.2 Å². The lowest BCUT2D eigenvalue weighted by Gasteiger charge is -2.04. The van der Waals surface area contributed by atoms with Crippen molar-refractivity contribution < 1.29 is 0 Å². The summed E-state index contributed by atoms with van der Waals surface area (Å²) in [5.74, 6) is 0.479. The third-order valence-electron chi connectivity index (χ3n) is 2.29. The van der Waals surface area contributed by atoms with Crippen LogP contribution in [0.2, 0.25) is 5.15 Å². The summed E-state index contributed by atoms with van der Waals surface area (Å²) in [6, 6.07) is 3.93. The number of hydrogen-bond donors (Lipinski definition) is 0. The van der Waals surface area contributed by atoms with Crippen LogP contribution in [0.3, 0.4) is 0 Å². The largest absolute Gasteiger partial charge is 0.239 e. The molecule has 3 heteroatoms. The molecule has 0 spiro atoms. The molecule has 0 aromatic carbocycles. The van der Waals surface area contributed by atoms with Crippen molar-refractivity contribution in [2.24, 2.45) is 0 Å². The second kappa shape index (κ2) is 3.01. The number of rotatable bonds is 1. The van der Waals surface area contributed by atoms with Gasteiger partial charge in [-0.25, -0.2) is 4.98 Å². The number of aromatic nitrogens is 1. The van der Waals surface area contributed by atoms with Crippen molar-refractivity contribution in [1.29, 1.82) is 5.26 Å². The summed E-state index contributed by atoms with van der Waals surface area (Å²) in [5.41, 5.74) is 2.55. The Morgan fingerprint density at radius 2 is 2.31 bits per heavy atom. The maximum atomic E-state index is 8.93. The molecule has 1 aliphatic carbocycles. The van der Waals surface area contributed by atoms with Gasteiger partial charge in [0.2, 0.25) is 0 Å². The van der Waals surface area contributed by atoms with Gasteiger partial charge in [0.15, 0.2) is 0 Å². The summed E-state index contributed by atoms with van der Waals surface area (Å²) in [7, 11) is 0. The number of halogens is 1. The van der Waals surface area contributed by atoms with E-state index in [1.165, 1.54) is 0 Å². The van der Waals surface area contributed by atoms with E-state index in [1.807, 2.05) is 6.92 Å². The van der Waals surface area contributed by atoms with Gasteiger partial charge in [0, 0.05) is 5.92 Å². The van der Waals surface area contributed by atoms with Crippen LogP contribution in [0, 0.1) is 18.3 Å². The lowest BCUT2D eigenvalue weighted by molar-refractivity contribution is 1.00. The van der Waals surface area contributed by atoms with Crippen LogP contribution in [0.15, 0.2) is 6.07 Å². The number of nitrogens with zero attached hydrogens (tertiary/aromatic N) is 2. The maximum Gasteiger partial charge on any atom is 0.129 e. The Balaban J connectivity index is 2.58. The molecule has 1 saturated carbocycles. The molecule has 0 atom stereocenters. The minimum atomic E-state index is 0.479. The minimum Gasteiger partial charge on any atom is -0.239 e. The highest BCUT2D eigenvalue weighted by Gasteiger charge is 2.28. The number of hydrogen-bond acceptors (Lipinski definition) is 2. The van der Waals surface area contributed by atoms with Crippen molar-refractivity contribution in [3.8, 4) is 6.07 Å². The van der Waals surface area contributed by atoms with Crippen LogP contribution in [0.5, 0.6) is 0 Å². The zero-order valence-corrected chi connectivity index (χ0v) is 8.10. The van der Waals surface area contributed by atoms with Crippen LogP contribution in [0.1, 0.15) is 35.6 Å². The first-order valence-electron chi connectivity index (χ1n) is 4.29. The second-order valence-corrected chi connectivity index (χ2v) is 3.80. The third kappa shape index (κ3) is 1.52. The summed E-state index contributed by atoms with van der Waals surface area (Å²) in [4.78, 5) is 4.21. The summed E-state index contributed by atoms with van der Waals surface area (Å²) in [5, 5.41) is 9.43. The molecule has 0 bridgehead atoms.